The van der Waals surface area contributed by atoms with Gasteiger partial charge < -0.3 is 15.2 Å². The average molecular weight is 578 g/mol. The van der Waals surface area contributed by atoms with Crippen molar-refractivity contribution < 1.29 is 24.2 Å². The van der Waals surface area contributed by atoms with Crippen LogP contribution in [0, 0.1) is 3.57 Å². The Kier molecular flexibility index (Phi) is 6.26. The van der Waals surface area contributed by atoms with Gasteiger partial charge in [0.05, 0.1) is 10.2 Å². The van der Waals surface area contributed by atoms with Crippen molar-refractivity contribution in [1.82, 2.24) is 5.32 Å². The number of nitrogens with zero attached hydrogens (tertiary/aromatic N) is 1. The number of rotatable bonds is 5. The summed E-state index contributed by atoms with van der Waals surface area (Å²) in [7, 11) is 0. The van der Waals surface area contributed by atoms with Crippen molar-refractivity contribution in [1.29, 1.82) is 0 Å². The number of hydrogen-bond donors (Lipinski definition) is 2. The lowest BCUT2D eigenvalue weighted by molar-refractivity contribution is -0.139. The zero-order valence-electron chi connectivity index (χ0n) is 13.9. The van der Waals surface area contributed by atoms with Crippen molar-refractivity contribution >= 4 is 79.8 Å². The first kappa shape index (κ1) is 20.6. The summed E-state index contributed by atoms with van der Waals surface area (Å²) < 4.78 is 6.68. The number of carbonyl (C=O) groups excluding carboxylic acids is 2. The summed E-state index contributed by atoms with van der Waals surface area (Å²) in [6.07, 6.45) is 1.44. The van der Waals surface area contributed by atoms with E-state index in [1.54, 1.807) is 30.3 Å². The zero-order chi connectivity index (χ0) is 20.4. The molecular formula is C18H11BrClIN2O5. The van der Waals surface area contributed by atoms with E-state index in [4.69, 9.17) is 21.4 Å². The molecule has 1 aliphatic rings. The number of amides is 3. The Balaban J connectivity index is 1.99. The molecule has 0 aliphatic carbocycles. The third-order valence-corrected chi connectivity index (χ3v) is 5.07. The molecule has 1 aliphatic heterocycles. The van der Waals surface area contributed by atoms with E-state index in [1.165, 1.54) is 12.1 Å². The van der Waals surface area contributed by atoms with E-state index < -0.39 is 24.5 Å². The number of benzene rings is 2. The molecular weight excluding hydrogens is 566 g/mol. The number of carboxylic acids is 1. The lowest BCUT2D eigenvalue weighted by atomic mass is 10.1. The zero-order valence-corrected chi connectivity index (χ0v) is 18.4. The van der Waals surface area contributed by atoms with E-state index in [-0.39, 0.29) is 11.4 Å². The number of anilines is 1. The third-order valence-electron chi connectivity index (χ3n) is 3.62. The van der Waals surface area contributed by atoms with Gasteiger partial charge in [-0.2, -0.15) is 0 Å². The molecule has 0 bridgehead atoms. The summed E-state index contributed by atoms with van der Waals surface area (Å²) in [4.78, 5) is 36.9. The number of aliphatic carboxylic acids is 1. The fourth-order valence-electron chi connectivity index (χ4n) is 2.51. The van der Waals surface area contributed by atoms with Gasteiger partial charge in [0.25, 0.3) is 5.91 Å². The molecule has 1 saturated heterocycles. The fourth-order valence-corrected chi connectivity index (χ4v) is 4.36. The van der Waals surface area contributed by atoms with Crippen LogP contribution >= 0.6 is 50.1 Å². The quantitative estimate of drug-likeness (QED) is 0.315. The van der Waals surface area contributed by atoms with Crippen molar-refractivity contribution in [2.45, 2.75) is 0 Å². The summed E-state index contributed by atoms with van der Waals surface area (Å²) in [5.41, 5.74) is 0.806. The predicted molar refractivity (Wildman–Crippen MR) is 115 cm³/mol. The number of nitrogens with one attached hydrogen (secondary N) is 1. The molecule has 1 heterocycles. The molecule has 3 rings (SSSR count). The number of urea groups is 1. The molecule has 0 unspecified atom stereocenters. The summed E-state index contributed by atoms with van der Waals surface area (Å²) in [6.45, 7) is -0.551. The second-order valence-electron chi connectivity index (χ2n) is 5.60. The standard InChI is InChI=1S/C18H11BrClIN2O5/c19-13-7-11(21)4-9(16(13)28-8-15(24)25)5-14-17(26)23(18(27)22-14)12-3-1-2-10(20)6-12/h1-7H,8H2,(H,22,27)(H,24,25)/b14-5+. The van der Waals surface area contributed by atoms with Crippen LogP contribution in [0.3, 0.4) is 0 Å². The van der Waals surface area contributed by atoms with Crippen LogP contribution in [0.25, 0.3) is 6.08 Å². The predicted octanol–water partition coefficient (Wildman–Crippen LogP) is 4.27. The number of imide groups is 1. The molecule has 2 aromatic carbocycles. The number of carbonyl (C=O) groups is 3. The molecule has 2 aromatic rings. The van der Waals surface area contributed by atoms with Gasteiger partial charge in [0.15, 0.2) is 6.61 Å². The lowest BCUT2D eigenvalue weighted by Gasteiger charge is -2.12. The lowest BCUT2D eigenvalue weighted by Crippen LogP contribution is -2.30. The second-order valence-corrected chi connectivity index (χ2v) is 8.13. The minimum absolute atomic E-state index is 0.0269. The van der Waals surface area contributed by atoms with E-state index in [0.717, 1.165) is 8.47 Å². The summed E-state index contributed by atoms with van der Waals surface area (Å²) >= 11 is 11.4. The van der Waals surface area contributed by atoms with E-state index in [1.807, 2.05) is 0 Å². The molecule has 2 N–H and O–H groups in total. The largest absolute Gasteiger partial charge is 0.480 e. The highest BCUT2D eigenvalue weighted by molar-refractivity contribution is 14.1. The van der Waals surface area contributed by atoms with Gasteiger partial charge in [0.2, 0.25) is 0 Å². The van der Waals surface area contributed by atoms with E-state index in [9.17, 15) is 14.4 Å². The van der Waals surface area contributed by atoms with Gasteiger partial charge in [-0.15, -0.1) is 0 Å². The van der Waals surface area contributed by atoms with Crippen LogP contribution < -0.4 is 15.0 Å². The van der Waals surface area contributed by atoms with E-state index in [0.29, 0.717) is 20.7 Å². The average Bonchev–Trinajstić information content (AvgIpc) is 2.87. The number of carboxylic acid groups (broad SMARTS) is 1. The van der Waals surface area contributed by atoms with Crippen molar-refractivity contribution in [3.8, 4) is 5.75 Å². The summed E-state index contributed by atoms with van der Waals surface area (Å²) in [5.74, 6) is -1.45. The maximum absolute atomic E-state index is 12.8. The van der Waals surface area contributed by atoms with Crippen LogP contribution in [0.5, 0.6) is 5.75 Å². The smallest absolute Gasteiger partial charge is 0.341 e. The van der Waals surface area contributed by atoms with Gasteiger partial charge in [-0.25, -0.2) is 14.5 Å². The molecule has 0 saturated carbocycles. The van der Waals surface area contributed by atoms with Crippen LogP contribution in [0.1, 0.15) is 5.56 Å². The number of ether oxygens (including phenoxy) is 1. The molecule has 3 amide bonds. The Morgan fingerprint density at radius 3 is 2.75 bits per heavy atom. The molecule has 0 radical (unpaired) electrons. The van der Waals surface area contributed by atoms with Crippen molar-refractivity contribution in [3.05, 3.63) is 60.7 Å². The maximum Gasteiger partial charge on any atom is 0.341 e. The first-order valence-electron chi connectivity index (χ1n) is 7.72. The minimum atomic E-state index is -1.14. The van der Waals surface area contributed by atoms with Gasteiger partial charge in [0, 0.05) is 14.2 Å². The number of hydrogen-bond acceptors (Lipinski definition) is 4. The Morgan fingerprint density at radius 1 is 1.32 bits per heavy atom. The molecule has 144 valence electrons. The Bertz CT molecular complexity index is 1030. The Hall–Kier alpha value is -2.11. The molecule has 0 aromatic heterocycles. The highest BCUT2D eigenvalue weighted by Gasteiger charge is 2.35. The highest BCUT2D eigenvalue weighted by Crippen LogP contribution is 2.34. The molecule has 0 atom stereocenters. The van der Waals surface area contributed by atoms with Crippen molar-refractivity contribution in [2.24, 2.45) is 0 Å². The topological polar surface area (TPSA) is 95.9 Å². The summed E-state index contributed by atoms with van der Waals surface area (Å²) in [5, 5.41) is 11.8. The van der Waals surface area contributed by atoms with Crippen molar-refractivity contribution in [3.63, 3.8) is 0 Å². The van der Waals surface area contributed by atoms with Gasteiger partial charge in [-0.1, -0.05) is 17.7 Å². The normalized spacial score (nSPS) is 15.1. The van der Waals surface area contributed by atoms with Crippen LogP contribution in [-0.4, -0.2) is 29.6 Å². The Morgan fingerprint density at radius 2 is 2.07 bits per heavy atom. The Labute approximate surface area is 186 Å². The molecule has 7 nitrogen and oxygen atoms in total. The van der Waals surface area contributed by atoms with E-state index in [2.05, 4.69) is 43.8 Å². The fraction of sp³-hybridized carbons (Fsp3) is 0.0556. The molecule has 0 spiro atoms. The van der Waals surface area contributed by atoms with Crippen LogP contribution in [0.15, 0.2) is 46.6 Å². The minimum Gasteiger partial charge on any atom is -0.480 e. The third kappa shape index (κ3) is 4.47. The second kappa shape index (κ2) is 8.50. The molecule has 28 heavy (non-hydrogen) atoms. The van der Waals surface area contributed by atoms with Gasteiger partial charge in [0.1, 0.15) is 11.4 Å². The van der Waals surface area contributed by atoms with Crippen LogP contribution in [0.2, 0.25) is 5.02 Å². The number of halogens is 3. The van der Waals surface area contributed by atoms with E-state index >= 15 is 0 Å². The van der Waals surface area contributed by atoms with Gasteiger partial charge in [-0.3, -0.25) is 4.79 Å². The van der Waals surface area contributed by atoms with Crippen LogP contribution in [0.4, 0.5) is 10.5 Å². The van der Waals surface area contributed by atoms with Gasteiger partial charge >= 0.3 is 12.0 Å². The van der Waals surface area contributed by atoms with Crippen molar-refractivity contribution in [2.75, 3.05) is 11.5 Å². The highest BCUT2D eigenvalue weighted by atomic mass is 127. The molecule has 10 heteroatoms. The molecule has 1 fully saturated rings. The van der Waals surface area contributed by atoms with Gasteiger partial charge in [-0.05, 0) is 74.9 Å². The summed E-state index contributed by atoms with van der Waals surface area (Å²) in [6, 6.07) is 9.20. The SMILES string of the molecule is O=C(O)COc1c(Br)cc(I)cc1/C=C1/NC(=O)N(c2cccc(Cl)c2)C1=O. The maximum atomic E-state index is 12.8. The first-order valence-corrected chi connectivity index (χ1v) is 9.97. The first-order chi connectivity index (χ1) is 13.3. The monoisotopic (exact) mass is 576 g/mol. The van der Waals surface area contributed by atoms with Crippen LogP contribution in [-0.2, 0) is 9.59 Å².